The molecule has 110 valence electrons. The minimum Gasteiger partial charge on any atom is -0.338 e. The molecule has 0 fully saturated rings. The molecule has 21 heavy (non-hydrogen) atoms. The summed E-state index contributed by atoms with van der Waals surface area (Å²) in [7, 11) is 0. The number of carbonyl (C=O) groups excluding carboxylic acids is 1. The van der Waals surface area contributed by atoms with Crippen molar-refractivity contribution >= 4 is 11.7 Å². The average molecular weight is 290 g/mol. The lowest BCUT2D eigenvalue weighted by molar-refractivity contribution is 0.252. The predicted molar refractivity (Wildman–Crippen MR) is 78.3 cm³/mol. The van der Waals surface area contributed by atoms with E-state index in [0.29, 0.717) is 13.0 Å². The Labute approximate surface area is 122 Å². The molecular weight excluding hydrogens is 274 g/mol. The summed E-state index contributed by atoms with van der Waals surface area (Å²) in [6.45, 7) is 2.38. The molecule has 0 saturated heterocycles. The third kappa shape index (κ3) is 4.27. The predicted octanol–water partition coefficient (Wildman–Crippen LogP) is 3.64. The molecule has 0 saturated carbocycles. The molecule has 0 aliphatic rings. The van der Waals surface area contributed by atoms with Crippen molar-refractivity contribution in [2.24, 2.45) is 0 Å². The van der Waals surface area contributed by atoms with Gasteiger partial charge >= 0.3 is 6.03 Å². The topological polar surface area (TPSA) is 41.1 Å². The van der Waals surface area contributed by atoms with Gasteiger partial charge in [0.15, 0.2) is 0 Å². The summed E-state index contributed by atoms with van der Waals surface area (Å²) in [5, 5.41) is 4.74. The molecule has 2 aromatic carbocycles. The normalized spacial score (nSPS) is 10.2. The number of anilines is 1. The van der Waals surface area contributed by atoms with Gasteiger partial charge in [0.2, 0.25) is 0 Å². The van der Waals surface area contributed by atoms with Crippen LogP contribution in [0.15, 0.2) is 42.5 Å². The van der Waals surface area contributed by atoms with Crippen LogP contribution in [0.2, 0.25) is 0 Å². The van der Waals surface area contributed by atoms with Crippen LogP contribution in [0.25, 0.3) is 0 Å². The van der Waals surface area contributed by atoms with Gasteiger partial charge in [-0.3, -0.25) is 0 Å². The Kier molecular flexibility index (Phi) is 4.87. The molecule has 2 N–H and O–H groups in total. The molecule has 0 atom stereocenters. The molecule has 0 aliphatic heterocycles. The van der Waals surface area contributed by atoms with E-state index in [-0.39, 0.29) is 0 Å². The highest BCUT2D eigenvalue weighted by Gasteiger charge is 2.11. The highest BCUT2D eigenvalue weighted by Crippen LogP contribution is 2.17. The lowest BCUT2D eigenvalue weighted by Gasteiger charge is -2.09. The van der Waals surface area contributed by atoms with E-state index in [1.165, 1.54) is 11.6 Å². The first kappa shape index (κ1) is 15.0. The van der Waals surface area contributed by atoms with E-state index in [2.05, 4.69) is 10.6 Å². The van der Waals surface area contributed by atoms with Gasteiger partial charge in [0, 0.05) is 6.54 Å². The molecule has 0 unspecified atom stereocenters. The molecule has 0 aliphatic carbocycles. The standard InChI is InChI=1S/C16H16F2N2O/c1-11-5-7-12(8-6-11)9-10-19-16(21)20-15-13(17)3-2-4-14(15)18/h2-8H,9-10H2,1H3,(H2,19,20,21). The van der Waals surface area contributed by atoms with Crippen molar-refractivity contribution in [3.8, 4) is 0 Å². The summed E-state index contributed by atoms with van der Waals surface area (Å²) in [6, 6.07) is 10.7. The lowest BCUT2D eigenvalue weighted by Crippen LogP contribution is -2.31. The second-order valence-corrected chi connectivity index (χ2v) is 4.71. The number of nitrogens with one attached hydrogen (secondary N) is 2. The van der Waals surface area contributed by atoms with Crippen LogP contribution < -0.4 is 10.6 Å². The maximum Gasteiger partial charge on any atom is 0.319 e. The monoisotopic (exact) mass is 290 g/mol. The summed E-state index contributed by atoms with van der Waals surface area (Å²) in [5.41, 5.74) is 1.81. The second-order valence-electron chi connectivity index (χ2n) is 4.71. The van der Waals surface area contributed by atoms with Gasteiger partial charge in [0.1, 0.15) is 17.3 Å². The summed E-state index contributed by atoms with van der Waals surface area (Å²) >= 11 is 0. The van der Waals surface area contributed by atoms with Crippen LogP contribution in [0, 0.1) is 18.6 Å². The molecule has 0 radical (unpaired) electrons. The van der Waals surface area contributed by atoms with Gasteiger partial charge in [-0.2, -0.15) is 0 Å². The number of amides is 2. The molecular formula is C16H16F2N2O. The Morgan fingerprint density at radius 1 is 1.05 bits per heavy atom. The van der Waals surface area contributed by atoms with Crippen molar-refractivity contribution in [2.45, 2.75) is 13.3 Å². The summed E-state index contributed by atoms with van der Waals surface area (Å²) in [4.78, 5) is 11.6. The number of benzene rings is 2. The second kappa shape index (κ2) is 6.83. The lowest BCUT2D eigenvalue weighted by atomic mass is 10.1. The van der Waals surface area contributed by atoms with E-state index in [0.717, 1.165) is 17.7 Å². The van der Waals surface area contributed by atoms with E-state index in [4.69, 9.17) is 0 Å². The van der Waals surface area contributed by atoms with Crippen molar-refractivity contribution < 1.29 is 13.6 Å². The number of rotatable bonds is 4. The third-order valence-corrected chi connectivity index (χ3v) is 3.02. The van der Waals surface area contributed by atoms with E-state index in [9.17, 15) is 13.6 Å². The number of para-hydroxylation sites is 1. The molecule has 2 aromatic rings. The van der Waals surface area contributed by atoms with Crippen LogP contribution >= 0.6 is 0 Å². The fourth-order valence-corrected chi connectivity index (χ4v) is 1.85. The Hall–Kier alpha value is -2.43. The third-order valence-electron chi connectivity index (χ3n) is 3.02. The van der Waals surface area contributed by atoms with Crippen LogP contribution in [0.5, 0.6) is 0 Å². The zero-order valence-corrected chi connectivity index (χ0v) is 11.6. The number of hydrogen-bond donors (Lipinski definition) is 2. The fourth-order valence-electron chi connectivity index (χ4n) is 1.85. The van der Waals surface area contributed by atoms with E-state index in [1.807, 2.05) is 31.2 Å². The van der Waals surface area contributed by atoms with Crippen LogP contribution in [0.4, 0.5) is 19.3 Å². The Bertz CT molecular complexity index is 606. The van der Waals surface area contributed by atoms with Gasteiger partial charge < -0.3 is 10.6 Å². The minimum atomic E-state index is -0.802. The molecule has 0 bridgehead atoms. The van der Waals surface area contributed by atoms with Crippen molar-refractivity contribution in [2.75, 3.05) is 11.9 Å². The van der Waals surface area contributed by atoms with Gasteiger partial charge in [-0.25, -0.2) is 13.6 Å². The zero-order chi connectivity index (χ0) is 15.2. The number of carbonyl (C=O) groups is 1. The molecule has 2 amide bonds. The van der Waals surface area contributed by atoms with Crippen molar-refractivity contribution in [3.05, 3.63) is 65.2 Å². The van der Waals surface area contributed by atoms with Gasteiger partial charge in [-0.15, -0.1) is 0 Å². The first-order valence-corrected chi connectivity index (χ1v) is 6.60. The van der Waals surface area contributed by atoms with Crippen LogP contribution in [0.1, 0.15) is 11.1 Å². The van der Waals surface area contributed by atoms with E-state index < -0.39 is 23.4 Å². The maximum atomic E-state index is 13.4. The van der Waals surface area contributed by atoms with Gasteiger partial charge in [-0.05, 0) is 31.0 Å². The first-order chi connectivity index (χ1) is 10.1. The summed E-state index contributed by atoms with van der Waals surface area (Å²) < 4.78 is 26.7. The molecule has 0 spiro atoms. The molecule has 3 nitrogen and oxygen atoms in total. The first-order valence-electron chi connectivity index (χ1n) is 6.60. The van der Waals surface area contributed by atoms with Crippen LogP contribution in [-0.4, -0.2) is 12.6 Å². The number of aryl methyl sites for hydroxylation is 1. The van der Waals surface area contributed by atoms with Gasteiger partial charge in [-0.1, -0.05) is 35.9 Å². The smallest absolute Gasteiger partial charge is 0.319 e. The van der Waals surface area contributed by atoms with E-state index in [1.54, 1.807) is 0 Å². The SMILES string of the molecule is Cc1ccc(CCNC(=O)Nc2c(F)cccc2F)cc1. The average Bonchev–Trinajstić information content (AvgIpc) is 2.45. The highest BCUT2D eigenvalue weighted by atomic mass is 19.1. The molecule has 0 aromatic heterocycles. The Morgan fingerprint density at radius 3 is 2.29 bits per heavy atom. The van der Waals surface area contributed by atoms with Gasteiger partial charge in [0.25, 0.3) is 0 Å². The fraction of sp³-hybridized carbons (Fsp3) is 0.188. The number of hydrogen-bond acceptors (Lipinski definition) is 1. The number of urea groups is 1. The largest absolute Gasteiger partial charge is 0.338 e. The Balaban J connectivity index is 1.84. The van der Waals surface area contributed by atoms with E-state index >= 15 is 0 Å². The van der Waals surface area contributed by atoms with Crippen molar-refractivity contribution in [3.63, 3.8) is 0 Å². The van der Waals surface area contributed by atoms with Crippen LogP contribution in [0.3, 0.4) is 0 Å². The maximum absolute atomic E-state index is 13.4. The Morgan fingerprint density at radius 2 is 1.67 bits per heavy atom. The van der Waals surface area contributed by atoms with Crippen molar-refractivity contribution in [1.29, 1.82) is 0 Å². The zero-order valence-electron chi connectivity index (χ0n) is 11.6. The molecule has 0 heterocycles. The highest BCUT2D eigenvalue weighted by molar-refractivity contribution is 5.89. The molecule has 5 heteroatoms. The summed E-state index contributed by atoms with van der Waals surface area (Å²) in [5.74, 6) is -1.60. The van der Waals surface area contributed by atoms with Gasteiger partial charge in [0.05, 0.1) is 0 Å². The summed E-state index contributed by atoms with van der Waals surface area (Å²) in [6.07, 6.45) is 0.646. The number of halogens is 2. The molecule has 2 rings (SSSR count). The van der Waals surface area contributed by atoms with Crippen molar-refractivity contribution in [1.82, 2.24) is 5.32 Å². The quantitative estimate of drug-likeness (QED) is 0.887. The van der Waals surface area contributed by atoms with Crippen LogP contribution in [-0.2, 0) is 6.42 Å². The minimum absolute atomic E-state index is 0.380.